The number of hydrogen-bond donors (Lipinski definition) is 2. The molecule has 122 valence electrons. The normalized spacial score (nSPS) is 15.7. The number of hydrogen-bond acceptors (Lipinski definition) is 5. The number of urea groups is 1. The van der Waals surface area contributed by atoms with E-state index in [1.165, 1.54) is 20.3 Å². The Labute approximate surface area is 132 Å². The Hall–Kier alpha value is -3.03. The predicted molar refractivity (Wildman–Crippen MR) is 80.0 cm³/mol. The summed E-state index contributed by atoms with van der Waals surface area (Å²) in [5.41, 5.74) is 0.707. The molecule has 1 saturated heterocycles. The average Bonchev–Trinajstić information content (AvgIpc) is 2.79. The summed E-state index contributed by atoms with van der Waals surface area (Å²) < 4.78 is 10.3. The molecule has 1 aromatic rings. The van der Waals surface area contributed by atoms with Gasteiger partial charge in [0.25, 0.3) is 5.91 Å². The fourth-order valence-electron chi connectivity index (χ4n) is 2.09. The molecule has 0 aromatic heterocycles. The van der Waals surface area contributed by atoms with Crippen LogP contribution < -0.4 is 14.8 Å². The second kappa shape index (κ2) is 6.82. The minimum Gasteiger partial charge on any atom is -0.493 e. The molecule has 1 aromatic carbocycles. The van der Waals surface area contributed by atoms with Crippen molar-refractivity contribution in [1.29, 1.82) is 0 Å². The highest BCUT2D eigenvalue weighted by Crippen LogP contribution is 2.28. The van der Waals surface area contributed by atoms with E-state index in [4.69, 9.17) is 14.6 Å². The molecule has 0 saturated carbocycles. The van der Waals surface area contributed by atoms with Crippen molar-refractivity contribution < 1.29 is 29.0 Å². The van der Waals surface area contributed by atoms with Crippen LogP contribution >= 0.6 is 0 Å². The molecule has 1 fully saturated rings. The van der Waals surface area contributed by atoms with E-state index in [1.807, 2.05) is 0 Å². The largest absolute Gasteiger partial charge is 0.493 e. The van der Waals surface area contributed by atoms with Gasteiger partial charge in [0.2, 0.25) is 0 Å². The van der Waals surface area contributed by atoms with Gasteiger partial charge in [-0.25, -0.2) is 4.79 Å². The number of benzene rings is 1. The van der Waals surface area contributed by atoms with Crippen molar-refractivity contribution in [3.63, 3.8) is 0 Å². The van der Waals surface area contributed by atoms with Crippen LogP contribution in [0.2, 0.25) is 0 Å². The lowest BCUT2D eigenvalue weighted by Crippen LogP contribution is -2.32. The van der Waals surface area contributed by atoms with Crippen molar-refractivity contribution in [3.05, 3.63) is 29.5 Å². The molecule has 1 heterocycles. The van der Waals surface area contributed by atoms with Gasteiger partial charge in [-0.2, -0.15) is 0 Å². The average molecular weight is 320 g/mol. The Morgan fingerprint density at radius 3 is 2.57 bits per heavy atom. The molecule has 23 heavy (non-hydrogen) atoms. The Balaban J connectivity index is 2.21. The molecule has 0 radical (unpaired) electrons. The highest BCUT2D eigenvalue weighted by Gasteiger charge is 2.33. The number of rotatable bonds is 6. The van der Waals surface area contributed by atoms with E-state index in [0.29, 0.717) is 17.1 Å². The second-order valence-corrected chi connectivity index (χ2v) is 4.70. The third kappa shape index (κ3) is 3.60. The minimum atomic E-state index is -1.08. The number of aliphatic carboxylic acids is 1. The first kappa shape index (κ1) is 16.3. The highest BCUT2D eigenvalue weighted by atomic mass is 16.5. The molecule has 0 atom stereocenters. The monoisotopic (exact) mass is 320 g/mol. The standard InChI is InChI=1S/C15H16N2O6/c1-22-11-4-3-9(8-12(11)23-2)7-10-14(20)17(15(21)16-10)6-5-13(18)19/h3-4,7-8H,5-6H2,1-2H3,(H,16,21)(H,18,19). The summed E-state index contributed by atoms with van der Waals surface area (Å²) >= 11 is 0. The maximum atomic E-state index is 12.1. The first-order valence-corrected chi connectivity index (χ1v) is 6.74. The van der Waals surface area contributed by atoms with E-state index in [-0.39, 0.29) is 18.7 Å². The summed E-state index contributed by atoms with van der Waals surface area (Å²) in [5.74, 6) is -0.616. The second-order valence-electron chi connectivity index (χ2n) is 4.70. The Morgan fingerprint density at radius 2 is 1.96 bits per heavy atom. The number of carbonyl (C=O) groups excluding carboxylic acids is 2. The summed E-state index contributed by atoms with van der Waals surface area (Å²) in [5, 5.41) is 11.1. The number of nitrogens with zero attached hydrogens (tertiary/aromatic N) is 1. The van der Waals surface area contributed by atoms with E-state index >= 15 is 0 Å². The van der Waals surface area contributed by atoms with E-state index in [9.17, 15) is 14.4 Å². The highest BCUT2D eigenvalue weighted by molar-refractivity contribution is 6.14. The molecule has 2 N–H and O–H groups in total. The molecule has 8 nitrogen and oxygen atoms in total. The zero-order valence-corrected chi connectivity index (χ0v) is 12.7. The third-order valence-electron chi connectivity index (χ3n) is 3.23. The Kier molecular flexibility index (Phi) is 4.85. The fourth-order valence-corrected chi connectivity index (χ4v) is 2.09. The smallest absolute Gasteiger partial charge is 0.329 e. The first-order valence-electron chi connectivity index (χ1n) is 6.74. The van der Waals surface area contributed by atoms with E-state index in [0.717, 1.165) is 4.90 Å². The molecular weight excluding hydrogens is 304 g/mol. The van der Waals surface area contributed by atoms with E-state index in [2.05, 4.69) is 5.32 Å². The lowest BCUT2D eigenvalue weighted by Gasteiger charge is -2.09. The molecule has 0 bridgehead atoms. The van der Waals surface area contributed by atoms with Gasteiger partial charge in [0.1, 0.15) is 5.70 Å². The van der Waals surface area contributed by atoms with Crippen molar-refractivity contribution in [2.45, 2.75) is 6.42 Å². The van der Waals surface area contributed by atoms with Gasteiger partial charge in [-0.3, -0.25) is 14.5 Å². The fraction of sp³-hybridized carbons (Fsp3) is 0.267. The molecule has 2 rings (SSSR count). The predicted octanol–water partition coefficient (Wildman–Crippen LogP) is 1.07. The summed E-state index contributed by atoms with van der Waals surface area (Å²) in [6, 6.07) is 4.40. The number of carbonyl (C=O) groups is 3. The first-order chi connectivity index (χ1) is 11.0. The van der Waals surface area contributed by atoms with Gasteiger partial charge in [0.05, 0.1) is 20.6 Å². The molecular formula is C15H16N2O6. The number of methoxy groups -OCH3 is 2. The van der Waals surface area contributed by atoms with Crippen LogP contribution in [0.5, 0.6) is 11.5 Å². The maximum Gasteiger partial charge on any atom is 0.329 e. The van der Waals surface area contributed by atoms with Crippen molar-refractivity contribution in [3.8, 4) is 11.5 Å². The number of nitrogens with one attached hydrogen (secondary N) is 1. The zero-order chi connectivity index (χ0) is 17.0. The quantitative estimate of drug-likeness (QED) is 0.600. The van der Waals surface area contributed by atoms with Gasteiger partial charge >= 0.3 is 12.0 Å². The minimum absolute atomic E-state index is 0.0765. The van der Waals surface area contributed by atoms with Gasteiger partial charge in [-0.15, -0.1) is 0 Å². The Bertz CT molecular complexity index is 683. The van der Waals surface area contributed by atoms with Crippen molar-refractivity contribution in [2.24, 2.45) is 0 Å². The molecule has 3 amide bonds. The van der Waals surface area contributed by atoms with E-state index < -0.39 is 17.9 Å². The van der Waals surface area contributed by atoms with Crippen LogP contribution in [0.1, 0.15) is 12.0 Å². The van der Waals surface area contributed by atoms with Gasteiger partial charge < -0.3 is 19.9 Å². The van der Waals surface area contributed by atoms with Gasteiger partial charge in [0.15, 0.2) is 11.5 Å². The summed E-state index contributed by atoms with van der Waals surface area (Å²) in [4.78, 5) is 35.3. The van der Waals surface area contributed by atoms with Gasteiger partial charge in [0, 0.05) is 6.54 Å². The molecule has 8 heteroatoms. The SMILES string of the molecule is COc1ccc(C=C2NC(=O)N(CCC(=O)O)C2=O)cc1OC. The number of ether oxygens (including phenoxy) is 2. The lowest BCUT2D eigenvalue weighted by atomic mass is 10.1. The van der Waals surface area contributed by atoms with Gasteiger partial charge in [-0.05, 0) is 23.8 Å². The topological polar surface area (TPSA) is 105 Å². The van der Waals surface area contributed by atoms with Crippen LogP contribution in [0.25, 0.3) is 6.08 Å². The molecule has 0 unspecified atom stereocenters. The van der Waals surface area contributed by atoms with Crippen LogP contribution in [-0.4, -0.2) is 48.7 Å². The van der Waals surface area contributed by atoms with Crippen LogP contribution in [0.4, 0.5) is 4.79 Å². The van der Waals surface area contributed by atoms with E-state index in [1.54, 1.807) is 18.2 Å². The number of imide groups is 1. The van der Waals surface area contributed by atoms with Crippen LogP contribution in [0.15, 0.2) is 23.9 Å². The van der Waals surface area contributed by atoms with Crippen molar-refractivity contribution >= 4 is 24.0 Å². The van der Waals surface area contributed by atoms with Crippen molar-refractivity contribution in [2.75, 3.05) is 20.8 Å². The summed E-state index contributed by atoms with van der Waals surface area (Å²) in [7, 11) is 3.00. The molecule has 1 aliphatic heterocycles. The lowest BCUT2D eigenvalue weighted by molar-refractivity contribution is -0.137. The summed E-state index contributed by atoms with van der Waals surface area (Å²) in [6.07, 6.45) is 1.19. The number of amides is 3. The van der Waals surface area contributed by atoms with Crippen LogP contribution in [0.3, 0.4) is 0 Å². The van der Waals surface area contributed by atoms with Gasteiger partial charge in [-0.1, -0.05) is 6.07 Å². The number of carboxylic acid groups (broad SMARTS) is 1. The molecule has 1 aliphatic rings. The summed E-state index contributed by atoms with van der Waals surface area (Å²) in [6.45, 7) is -0.177. The molecule has 0 aliphatic carbocycles. The molecule has 0 spiro atoms. The Morgan fingerprint density at radius 1 is 1.26 bits per heavy atom. The zero-order valence-electron chi connectivity index (χ0n) is 12.7. The maximum absolute atomic E-state index is 12.1. The van der Waals surface area contributed by atoms with Crippen LogP contribution in [0, 0.1) is 0 Å². The van der Waals surface area contributed by atoms with Crippen LogP contribution in [-0.2, 0) is 9.59 Å². The number of carboxylic acids is 1. The third-order valence-corrected chi connectivity index (χ3v) is 3.23. The van der Waals surface area contributed by atoms with Crippen molar-refractivity contribution in [1.82, 2.24) is 10.2 Å².